The van der Waals surface area contributed by atoms with Crippen molar-refractivity contribution in [2.75, 3.05) is 6.54 Å². The highest BCUT2D eigenvalue weighted by Gasteiger charge is 2.13. The average Bonchev–Trinajstić information content (AvgIpc) is 2.93. The van der Waals surface area contributed by atoms with E-state index in [1.165, 1.54) is 6.26 Å². The molecular weight excluding hydrogens is 238 g/mol. The monoisotopic (exact) mass is 251 g/mol. The van der Waals surface area contributed by atoms with Crippen LogP contribution in [0.1, 0.15) is 27.8 Å². The molecule has 0 aliphatic carbocycles. The first-order chi connectivity index (χ1) is 8.66. The summed E-state index contributed by atoms with van der Waals surface area (Å²) < 4.78 is 9.81. The quantitative estimate of drug-likeness (QED) is 0.738. The maximum absolute atomic E-state index is 10.8. The molecule has 18 heavy (non-hydrogen) atoms. The van der Waals surface area contributed by atoms with E-state index in [1.54, 1.807) is 13.0 Å². The summed E-state index contributed by atoms with van der Waals surface area (Å²) in [6.07, 6.45) is 1.96. The van der Waals surface area contributed by atoms with Crippen LogP contribution in [-0.4, -0.2) is 27.8 Å². The fraction of sp³-hybridized carbons (Fsp3) is 0.364. The minimum Gasteiger partial charge on any atom is -0.475 e. The topological polar surface area (TPSA) is 101 Å². The number of carboxylic acids is 1. The lowest BCUT2D eigenvalue weighted by atomic mass is 10.2. The second-order valence-corrected chi connectivity index (χ2v) is 3.74. The molecule has 0 saturated carbocycles. The van der Waals surface area contributed by atoms with Gasteiger partial charge in [0.25, 0.3) is 0 Å². The van der Waals surface area contributed by atoms with Crippen molar-refractivity contribution in [3.8, 4) is 0 Å². The first-order valence-corrected chi connectivity index (χ1v) is 5.46. The highest BCUT2D eigenvalue weighted by molar-refractivity contribution is 5.86. The molecule has 0 aliphatic heterocycles. The molecule has 0 bridgehead atoms. The molecule has 0 atom stereocenters. The van der Waals surface area contributed by atoms with Gasteiger partial charge in [0.15, 0.2) is 5.82 Å². The Labute approximate surface area is 103 Å². The van der Waals surface area contributed by atoms with Crippen molar-refractivity contribution in [2.45, 2.75) is 19.9 Å². The van der Waals surface area contributed by atoms with E-state index in [0.29, 0.717) is 36.8 Å². The number of aromatic carboxylic acids is 1. The second-order valence-electron chi connectivity index (χ2n) is 3.74. The van der Waals surface area contributed by atoms with Gasteiger partial charge in [0, 0.05) is 25.1 Å². The van der Waals surface area contributed by atoms with Crippen molar-refractivity contribution in [3.05, 3.63) is 35.4 Å². The van der Waals surface area contributed by atoms with Gasteiger partial charge >= 0.3 is 5.97 Å². The van der Waals surface area contributed by atoms with Crippen LogP contribution < -0.4 is 5.32 Å². The summed E-state index contributed by atoms with van der Waals surface area (Å²) in [4.78, 5) is 14.8. The number of carbonyl (C=O) groups is 1. The van der Waals surface area contributed by atoms with Crippen LogP contribution in [0, 0.1) is 6.92 Å². The number of aromatic nitrogens is 2. The molecule has 2 aromatic heterocycles. The van der Waals surface area contributed by atoms with Crippen molar-refractivity contribution < 1.29 is 18.8 Å². The Kier molecular flexibility index (Phi) is 3.73. The van der Waals surface area contributed by atoms with Gasteiger partial charge in [0.1, 0.15) is 0 Å². The van der Waals surface area contributed by atoms with E-state index in [0.717, 1.165) is 0 Å². The molecule has 2 heterocycles. The highest BCUT2D eigenvalue weighted by atomic mass is 16.5. The highest BCUT2D eigenvalue weighted by Crippen LogP contribution is 2.09. The predicted octanol–water partition coefficient (Wildman–Crippen LogP) is 1.00. The molecule has 2 aromatic rings. The van der Waals surface area contributed by atoms with Crippen LogP contribution in [0.3, 0.4) is 0 Å². The summed E-state index contributed by atoms with van der Waals surface area (Å²) in [5.74, 6) is 0.0686. The van der Waals surface area contributed by atoms with Crippen LogP contribution in [0.5, 0.6) is 0 Å². The van der Waals surface area contributed by atoms with Crippen LogP contribution >= 0.6 is 0 Å². The third kappa shape index (κ3) is 2.95. The molecule has 0 aliphatic rings. The standard InChI is InChI=1S/C11H13N3O4/c1-7-13-9(18-14-7)2-4-12-6-8-3-5-17-10(8)11(15)16/h3,5,12H,2,4,6H2,1H3,(H,15,16). The SMILES string of the molecule is Cc1noc(CCNCc2ccoc2C(=O)O)n1. The number of nitrogens with zero attached hydrogens (tertiary/aromatic N) is 2. The van der Waals surface area contributed by atoms with Crippen molar-refractivity contribution in [3.63, 3.8) is 0 Å². The number of nitrogens with one attached hydrogen (secondary N) is 1. The van der Waals surface area contributed by atoms with Gasteiger partial charge in [-0.2, -0.15) is 4.98 Å². The summed E-state index contributed by atoms with van der Waals surface area (Å²) in [6.45, 7) is 2.79. The normalized spacial score (nSPS) is 10.7. The van der Waals surface area contributed by atoms with E-state index in [9.17, 15) is 4.79 Å². The van der Waals surface area contributed by atoms with Crippen LogP contribution in [-0.2, 0) is 13.0 Å². The Hall–Kier alpha value is -2.15. The molecule has 2 N–H and O–H groups in total. The first-order valence-electron chi connectivity index (χ1n) is 5.46. The lowest BCUT2D eigenvalue weighted by molar-refractivity contribution is 0.0660. The number of hydrogen-bond acceptors (Lipinski definition) is 6. The van der Waals surface area contributed by atoms with Gasteiger partial charge in [-0.1, -0.05) is 5.16 Å². The summed E-state index contributed by atoms with van der Waals surface area (Å²) >= 11 is 0. The van der Waals surface area contributed by atoms with Gasteiger partial charge < -0.3 is 19.4 Å². The molecule has 7 nitrogen and oxygen atoms in total. The van der Waals surface area contributed by atoms with Gasteiger partial charge in [0.05, 0.1) is 6.26 Å². The van der Waals surface area contributed by atoms with Crippen LogP contribution in [0.4, 0.5) is 0 Å². The third-order valence-corrected chi connectivity index (χ3v) is 2.34. The second kappa shape index (κ2) is 5.46. The zero-order valence-electron chi connectivity index (χ0n) is 9.84. The van der Waals surface area contributed by atoms with Crippen molar-refractivity contribution in [2.24, 2.45) is 0 Å². The number of furan rings is 1. The number of rotatable bonds is 6. The van der Waals surface area contributed by atoms with E-state index in [1.807, 2.05) is 0 Å². The molecule has 0 saturated heterocycles. The Morgan fingerprint density at radius 2 is 2.39 bits per heavy atom. The Balaban J connectivity index is 1.78. The van der Waals surface area contributed by atoms with Gasteiger partial charge in [-0.25, -0.2) is 4.79 Å². The molecule has 96 valence electrons. The largest absolute Gasteiger partial charge is 0.475 e. The summed E-state index contributed by atoms with van der Waals surface area (Å²) in [7, 11) is 0. The summed E-state index contributed by atoms with van der Waals surface area (Å²) in [5, 5.41) is 15.6. The van der Waals surface area contributed by atoms with Crippen LogP contribution in [0.2, 0.25) is 0 Å². The van der Waals surface area contributed by atoms with E-state index in [2.05, 4.69) is 15.5 Å². The van der Waals surface area contributed by atoms with Gasteiger partial charge in [-0.05, 0) is 13.0 Å². The molecule has 0 fully saturated rings. The van der Waals surface area contributed by atoms with Gasteiger partial charge in [-0.3, -0.25) is 0 Å². The molecule has 0 spiro atoms. The maximum atomic E-state index is 10.8. The zero-order chi connectivity index (χ0) is 13.0. The molecule has 0 radical (unpaired) electrons. The summed E-state index contributed by atoms with van der Waals surface area (Å²) in [6, 6.07) is 1.63. The molecule has 7 heteroatoms. The first kappa shape index (κ1) is 12.3. The Morgan fingerprint density at radius 3 is 3.06 bits per heavy atom. The molecule has 0 amide bonds. The third-order valence-electron chi connectivity index (χ3n) is 2.34. The van der Waals surface area contributed by atoms with Crippen molar-refractivity contribution in [1.29, 1.82) is 0 Å². The fourth-order valence-corrected chi connectivity index (χ4v) is 1.52. The van der Waals surface area contributed by atoms with Gasteiger partial charge in [-0.15, -0.1) is 0 Å². The smallest absolute Gasteiger partial charge is 0.372 e. The zero-order valence-corrected chi connectivity index (χ0v) is 9.84. The lowest BCUT2D eigenvalue weighted by Gasteiger charge is -2.01. The van der Waals surface area contributed by atoms with E-state index < -0.39 is 5.97 Å². The number of hydrogen-bond donors (Lipinski definition) is 2. The average molecular weight is 251 g/mol. The molecular formula is C11H13N3O4. The molecule has 0 aromatic carbocycles. The Morgan fingerprint density at radius 1 is 1.56 bits per heavy atom. The van der Waals surface area contributed by atoms with Crippen LogP contribution in [0.15, 0.2) is 21.3 Å². The van der Waals surface area contributed by atoms with E-state index in [-0.39, 0.29) is 5.76 Å². The van der Waals surface area contributed by atoms with E-state index >= 15 is 0 Å². The minimum absolute atomic E-state index is 0.0314. The van der Waals surface area contributed by atoms with Crippen molar-refractivity contribution >= 4 is 5.97 Å². The van der Waals surface area contributed by atoms with Crippen molar-refractivity contribution in [1.82, 2.24) is 15.5 Å². The predicted molar refractivity (Wildman–Crippen MR) is 60.1 cm³/mol. The lowest BCUT2D eigenvalue weighted by Crippen LogP contribution is -2.18. The number of aryl methyl sites for hydroxylation is 1. The van der Waals surface area contributed by atoms with Gasteiger partial charge in [0.2, 0.25) is 11.7 Å². The summed E-state index contributed by atoms with van der Waals surface area (Å²) in [5.41, 5.74) is 0.615. The maximum Gasteiger partial charge on any atom is 0.372 e. The number of carboxylic acid groups (broad SMARTS) is 1. The molecule has 0 unspecified atom stereocenters. The van der Waals surface area contributed by atoms with E-state index in [4.69, 9.17) is 14.0 Å². The fourth-order valence-electron chi connectivity index (χ4n) is 1.52. The molecule has 2 rings (SSSR count). The van der Waals surface area contributed by atoms with Crippen LogP contribution in [0.25, 0.3) is 0 Å². The minimum atomic E-state index is -1.07. The Bertz CT molecular complexity index is 532.